The Bertz CT molecular complexity index is 142. The monoisotopic (exact) mass is 192 g/mol. The number of rotatable bonds is 3. The third kappa shape index (κ3) is 5.20. The highest BCUT2D eigenvalue weighted by Gasteiger charge is 1.99. The minimum atomic E-state index is -0.642. The minimum Gasteiger partial charge on any atom is -0.456 e. The van der Waals surface area contributed by atoms with Crippen molar-refractivity contribution in [2.24, 2.45) is 0 Å². The van der Waals surface area contributed by atoms with E-state index >= 15 is 0 Å². The van der Waals surface area contributed by atoms with Gasteiger partial charge in [-0.05, 0) is 0 Å². The molecule has 0 amide bonds. The van der Waals surface area contributed by atoms with E-state index in [1.54, 1.807) is 0 Å². The van der Waals surface area contributed by atoms with E-state index in [0.717, 1.165) is 0 Å². The van der Waals surface area contributed by atoms with Crippen LogP contribution < -0.4 is 0 Å². The number of alkyl halides is 1. The molecule has 0 saturated heterocycles. The van der Waals surface area contributed by atoms with Crippen molar-refractivity contribution in [2.45, 2.75) is 0 Å². The first-order valence-electron chi connectivity index (χ1n) is 2.21. The summed E-state index contributed by atoms with van der Waals surface area (Å²) in [7, 11) is 0. The number of ether oxygens (including phenoxy) is 1. The Morgan fingerprint density at radius 1 is 1.89 bits per heavy atom. The highest BCUT2D eigenvalue weighted by molar-refractivity contribution is 9.09. The van der Waals surface area contributed by atoms with Crippen molar-refractivity contribution in [1.82, 2.24) is 0 Å². The Kier molecular flexibility index (Phi) is 5.06. The first kappa shape index (κ1) is 8.33. The summed E-state index contributed by atoms with van der Waals surface area (Å²) in [5.41, 5.74) is 7.79. The molecule has 0 spiro atoms. The molecule has 0 aromatic carbocycles. The molecule has 0 unspecified atom stereocenters. The molecule has 0 bridgehead atoms. The number of nitrogens with zero attached hydrogens (tertiary/aromatic N) is 2. The van der Waals surface area contributed by atoms with Gasteiger partial charge in [0.2, 0.25) is 0 Å². The van der Waals surface area contributed by atoms with E-state index in [2.05, 4.69) is 25.5 Å². The average molecular weight is 193 g/mol. The number of carbonyl (C=O) groups excluding carboxylic acids is 1. The topological polar surface area (TPSA) is 62.7 Å². The zero-order valence-electron chi connectivity index (χ0n) is 4.58. The number of hydrogen-bond donors (Lipinski definition) is 0. The normalized spacial score (nSPS) is 7.67. The van der Waals surface area contributed by atoms with Crippen molar-refractivity contribution >= 4 is 28.1 Å². The van der Waals surface area contributed by atoms with Gasteiger partial charge in [-0.15, -0.1) is 0 Å². The Labute approximate surface area is 60.6 Å². The number of carbonyl (C=O) groups is 1. The molecular weight excluding hydrogens is 188 g/mol. The fourth-order valence-corrected chi connectivity index (χ4v) is 0.385. The molecule has 0 rings (SSSR count). The quantitative estimate of drug-likeness (QED) is 0.211. The van der Waals surface area contributed by atoms with Gasteiger partial charge in [-0.3, -0.25) is 0 Å². The lowest BCUT2D eigenvalue weighted by molar-refractivity contribution is -0.138. The molecule has 9 heavy (non-hydrogen) atoms. The molecule has 0 fully saturated rings. The molecule has 0 N–H and O–H groups in total. The Morgan fingerprint density at radius 3 is 3.00 bits per heavy atom. The molecule has 0 aliphatic carbocycles. The van der Waals surface area contributed by atoms with Crippen LogP contribution in [0.4, 0.5) is 0 Å². The summed E-state index contributed by atoms with van der Waals surface area (Å²) in [5, 5.41) is 0.581. The molecule has 0 aromatic heterocycles. The van der Waals surface area contributed by atoms with Gasteiger partial charge in [-0.1, -0.05) is 15.9 Å². The summed E-state index contributed by atoms with van der Waals surface area (Å²) in [5.74, 6) is -0.642. The van der Waals surface area contributed by atoms with Gasteiger partial charge in [0, 0.05) is 5.33 Å². The van der Waals surface area contributed by atoms with Crippen molar-refractivity contribution < 1.29 is 14.3 Å². The van der Waals surface area contributed by atoms with Crippen LogP contribution in [0, 0.1) is 0 Å². The molecule has 0 aliphatic rings. The van der Waals surface area contributed by atoms with E-state index in [9.17, 15) is 4.79 Å². The molecule has 0 radical (unpaired) electrons. The summed E-state index contributed by atoms with van der Waals surface area (Å²) in [6.45, 7) is 0.283. The molecule has 4 nitrogen and oxygen atoms in total. The van der Waals surface area contributed by atoms with E-state index in [1.165, 1.54) is 0 Å². The predicted molar refractivity (Wildman–Crippen MR) is 34.4 cm³/mol. The van der Waals surface area contributed by atoms with Crippen molar-refractivity contribution in [3.05, 3.63) is 5.53 Å². The Hall–Kier alpha value is -0.670. The maximum absolute atomic E-state index is 10.2. The SMILES string of the molecule is [N-]=[N+]=CC(=O)OCCBr. The zero-order valence-corrected chi connectivity index (χ0v) is 6.17. The smallest absolute Gasteiger partial charge is 0.413 e. The molecule has 0 atom stereocenters. The van der Waals surface area contributed by atoms with Gasteiger partial charge < -0.3 is 10.3 Å². The van der Waals surface area contributed by atoms with Crippen LogP contribution in [0.2, 0.25) is 0 Å². The van der Waals surface area contributed by atoms with Crippen LogP contribution >= 0.6 is 15.9 Å². The van der Waals surface area contributed by atoms with E-state index < -0.39 is 5.97 Å². The van der Waals surface area contributed by atoms with Gasteiger partial charge in [-0.25, -0.2) is 4.79 Å². The largest absolute Gasteiger partial charge is 0.456 e. The van der Waals surface area contributed by atoms with Crippen molar-refractivity contribution in [1.29, 1.82) is 0 Å². The molecule has 0 aromatic rings. The third-order valence-electron chi connectivity index (χ3n) is 0.485. The summed E-state index contributed by atoms with van der Waals surface area (Å²) in [4.78, 5) is 12.7. The lowest BCUT2D eigenvalue weighted by atomic mass is 10.7. The second-order valence-electron chi connectivity index (χ2n) is 1.10. The number of halogens is 1. The van der Waals surface area contributed by atoms with Crippen molar-refractivity contribution in [3.63, 3.8) is 0 Å². The average Bonchev–Trinajstić information content (AvgIpc) is 1.85. The van der Waals surface area contributed by atoms with Crippen LogP contribution in [0.3, 0.4) is 0 Å². The van der Waals surface area contributed by atoms with E-state index in [-0.39, 0.29) is 6.61 Å². The van der Waals surface area contributed by atoms with Crippen LogP contribution in [0.5, 0.6) is 0 Å². The van der Waals surface area contributed by atoms with E-state index in [0.29, 0.717) is 11.5 Å². The fourth-order valence-electron chi connectivity index (χ4n) is 0.224. The summed E-state index contributed by atoms with van der Waals surface area (Å²) < 4.78 is 4.44. The number of hydrogen-bond acceptors (Lipinski definition) is 2. The van der Waals surface area contributed by atoms with Gasteiger partial charge in [-0.2, -0.15) is 4.79 Å². The molecular formula is C4H5BrN2O2. The summed E-state index contributed by atoms with van der Waals surface area (Å²) in [6, 6.07) is 0. The lowest BCUT2D eigenvalue weighted by Gasteiger charge is -1.90. The lowest BCUT2D eigenvalue weighted by Crippen LogP contribution is -2.07. The highest BCUT2D eigenvalue weighted by Crippen LogP contribution is 1.80. The summed E-state index contributed by atoms with van der Waals surface area (Å²) in [6.07, 6.45) is 0.697. The van der Waals surface area contributed by atoms with Crippen LogP contribution in [0.25, 0.3) is 5.53 Å². The Morgan fingerprint density at radius 2 is 2.56 bits per heavy atom. The molecule has 5 heteroatoms. The van der Waals surface area contributed by atoms with Gasteiger partial charge in [0.15, 0.2) is 0 Å². The van der Waals surface area contributed by atoms with E-state index in [1.807, 2.05) is 0 Å². The van der Waals surface area contributed by atoms with Gasteiger partial charge >= 0.3 is 12.2 Å². The first-order valence-corrected chi connectivity index (χ1v) is 3.33. The van der Waals surface area contributed by atoms with Gasteiger partial charge in [0.05, 0.1) is 0 Å². The third-order valence-corrected chi connectivity index (χ3v) is 0.808. The highest BCUT2D eigenvalue weighted by atomic mass is 79.9. The van der Waals surface area contributed by atoms with E-state index in [4.69, 9.17) is 5.53 Å². The van der Waals surface area contributed by atoms with Crippen molar-refractivity contribution in [3.8, 4) is 0 Å². The minimum absolute atomic E-state index is 0.283. The maximum atomic E-state index is 10.2. The molecule has 0 aliphatic heterocycles. The maximum Gasteiger partial charge on any atom is 0.413 e. The second-order valence-corrected chi connectivity index (χ2v) is 1.89. The van der Waals surface area contributed by atoms with Crippen LogP contribution in [-0.4, -0.2) is 28.9 Å². The zero-order chi connectivity index (χ0) is 7.11. The predicted octanol–water partition coefficient (Wildman–Crippen LogP) is 0.225. The van der Waals surface area contributed by atoms with Gasteiger partial charge in [0.25, 0.3) is 0 Å². The second kappa shape index (κ2) is 5.47. The Balaban J connectivity index is 3.39. The fraction of sp³-hybridized carbons (Fsp3) is 0.500. The molecule has 0 heterocycles. The van der Waals surface area contributed by atoms with Crippen LogP contribution in [0.1, 0.15) is 0 Å². The van der Waals surface area contributed by atoms with Crippen LogP contribution in [-0.2, 0) is 9.53 Å². The van der Waals surface area contributed by atoms with Crippen LogP contribution in [0.15, 0.2) is 0 Å². The molecule has 50 valence electrons. The van der Waals surface area contributed by atoms with Crippen molar-refractivity contribution in [2.75, 3.05) is 11.9 Å². The number of esters is 1. The van der Waals surface area contributed by atoms with Gasteiger partial charge in [0.1, 0.15) is 6.61 Å². The standard InChI is InChI=1S/C4H5BrN2O2/c5-1-2-9-4(8)3-7-6/h3H,1-2H2. The molecule has 0 saturated carbocycles. The first-order chi connectivity index (χ1) is 4.31. The summed E-state index contributed by atoms with van der Waals surface area (Å²) >= 11 is 3.04.